The topological polar surface area (TPSA) is 21.3 Å². The first-order chi connectivity index (χ1) is 28.7. The molecule has 3 heterocycles. The molecule has 0 radical (unpaired) electrons. The van der Waals surface area contributed by atoms with Gasteiger partial charge < -0.3 is 13.9 Å². The standard InChI is InChI=1S/C54H34N2OS/c1-2-11-39(12-3-1)56-48-17-7-4-13-42(48)43-31-25-38(34-50(43)56)36-23-29-41(30-24-36)55(49-18-10-16-46-44-14-5-8-19-51(44)57-54(46)49)40-27-21-35(22-28-40)37-26-32-53-47(33-37)45-15-6-9-20-52(45)58-53/h1-34H. The summed E-state index contributed by atoms with van der Waals surface area (Å²) in [6.45, 7) is 0. The van der Waals surface area contributed by atoms with Crippen molar-refractivity contribution in [2.24, 2.45) is 0 Å². The number of fused-ring (bicyclic) bond motifs is 9. The first-order valence-electron chi connectivity index (χ1n) is 19.7. The minimum absolute atomic E-state index is 0.867. The van der Waals surface area contributed by atoms with Crippen molar-refractivity contribution in [2.45, 2.75) is 0 Å². The molecule has 12 aromatic rings. The maximum absolute atomic E-state index is 6.63. The van der Waals surface area contributed by atoms with Crippen LogP contribution >= 0.6 is 11.3 Å². The Morgan fingerprint density at radius 3 is 1.76 bits per heavy atom. The van der Waals surface area contributed by atoms with Crippen LogP contribution < -0.4 is 4.90 Å². The highest BCUT2D eigenvalue weighted by atomic mass is 32.1. The zero-order valence-electron chi connectivity index (χ0n) is 31.3. The average Bonchev–Trinajstić information content (AvgIpc) is 3.97. The monoisotopic (exact) mass is 758 g/mol. The van der Waals surface area contributed by atoms with E-state index in [2.05, 4.69) is 210 Å². The van der Waals surface area contributed by atoms with Crippen molar-refractivity contribution >= 4 is 92.3 Å². The summed E-state index contributed by atoms with van der Waals surface area (Å²) in [6.07, 6.45) is 0. The lowest BCUT2D eigenvalue weighted by Crippen LogP contribution is -2.10. The van der Waals surface area contributed by atoms with Crippen molar-refractivity contribution in [2.75, 3.05) is 4.90 Å². The van der Waals surface area contributed by atoms with Gasteiger partial charge in [0.1, 0.15) is 5.58 Å². The van der Waals surface area contributed by atoms with Crippen LogP contribution in [0.15, 0.2) is 211 Å². The van der Waals surface area contributed by atoms with E-state index in [0.717, 1.165) is 50.3 Å². The molecule has 0 aliphatic heterocycles. The number of furan rings is 1. The van der Waals surface area contributed by atoms with E-state index < -0.39 is 0 Å². The van der Waals surface area contributed by atoms with E-state index in [1.807, 2.05) is 17.4 Å². The fourth-order valence-electron chi connectivity index (χ4n) is 8.85. The summed E-state index contributed by atoms with van der Waals surface area (Å²) < 4.78 is 11.6. The molecule has 0 aliphatic rings. The number of para-hydroxylation sites is 4. The quantitative estimate of drug-likeness (QED) is 0.168. The Hall–Kier alpha value is -7.40. The molecular formula is C54H34N2OS. The Bertz CT molecular complexity index is 3500. The maximum atomic E-state index is 6.63. The molecule has 3 aromatic heterocycles. The largest absolute Gasteiger partial charge is 0.454 e. The third-order valence-corrected chi connectivity index (χ3v) is 12.8. The summed E-state index contributed by atoms with van der Waals surface area (Å²) in [7, 11) is 0. The minimum atomic E-state index is 0.867. The Kier molecular flexibility index (Phi) is 7.40. The first-order valence-corrected chi connectivity index (χ1v) is 20.5. The normalized spacial score (nSPS) is 11.8. The van der Waals surface area contributed by atoms with Crippen LogP contribution in [0.1, 0.15) is 0 Å². The van der Waals surface area contributed by atoms with Gasteiger partial charge in [-0.1, -0.05) is 127 Å². The number of anilines is 3. The number of aromatic nitrogens is 1. The lowest BCUT2D eigenvalue weighted by atomic mass is 10.0. The number of hydrogen-bond acceptors (Lipinski definition) is 3. The Morgan fingerprint density at radius 2 is 0.966 bits per heavy atom. The second-order valence-corrected chi connectivity index (χ2v) is 16.0. The van der Waals surface area contributed by atoms with Crippen molar-refractivity contribution in [3.8, 4) is 27.9 Å². The van der Waals surface area contributed by atoms with Crippen LogP contribution in [0.25, 0.3) is 91.9 Å². The molecule has 58 heavy (non-hydrogen) atoms. The average molecular weight is 759 g/mol. The number of hydrogen-bond donors (Lipinski definition) is 0. The van der Waals surface area contributed by atoms with E-state index in [1.54, 1.807) is 0 Å². The minimum Gasteiger partial charge on any atom is -0.454 e. The number of thiophene rings is 1. The van der Waals surface area contributed by atoms with Crippen LogP contribution in [0.5, 0.6) is 0 Å². The molecule has 0 unspecified atom stereocenters. The summed E-state index contributed by atoms with van der Waals surface area (Å²) >= 11 is 1.85. The van der Waals surface area contributed by atoms with Gasteiger partial charge in [-0.2, -0.15) is 0 Å². The summed E-state index contributed by atoms with van der Waals surface area (Å²) in [5, 5.41) is 7.34. The SMILES string of the molecule is c1ccc(-n2c3ccccc3c3ccc(-c4ccc(N(c5ccc(-c6ccc7sc8ccccc8c7c6)cc5)c5cccc6c5oc5ccccc56)cc4)cc32)cc1. The Balaban J connectivity index is 0.974. The molecule has 3 nitrogen and oxygen atoms in total. The van der Waals surface area contributed by atoms with Crippen molar-refractivity contribution in [3.05, 3.63) is 206 Å². The van der Waals surface area contributed by atoms with Gasteiger partial charge in [0.25, 0.3) is 0 Å². The Morgan fingerprint density at radius 1 is 0.379 bits per heavy atom. The highest BCUT2D eigenvalue weighted by Gasteiger charge is 2.20. The van der Waals surface area contributed by atoms with Gasteiger partial charge in [0, 0.05) is 58.8 Å². The number of benzene rings is 9. The zero-order chi connectivity index (χ0) is 38.2. The molecule has 0 N–H and O–H groups in total. The second kappa shape index (κ2) is 13.1. The van der Waals surface area contributed by atoms with Gasteiger partial charge in [-0.3, -0.25) is 0 Å². The van der Waals surface area contributed by atoms with Gasteiger partial charge in [-0.05, 0) is 101 Å². The highest BCUT2D eigenvalue weighted by Crippen LogP contribution is 2.44. The van der Waals surface area contributed by atoms with E-state index >= 15 is 0 Å². The van der Waals surface area contributed by atoms with Gasteiger partial charge in [0.05, 0.1) is 16.7 Å². The highest BCUT2D eigenvalue weighted by molar-refractivity contribution is 7.25. The lowest BCUT2D eigenvalue weighted by molar-refractivity contribution is 0.669. The van der Waals surface area contributed by atoms with Gasteiger partial charge in [-0.25, -0.2) is 0 Å². The second-order valence-electron chi connectivity index (χ2n) is 14.9. The lowest BCUT2D eigenvalue weighted by Gasteiger charge is -2.26. The van der Waals surface area contributed by atoms with Gasteiger partial charge in [0.15, 0.2) is 5.58 Å². The summed E-state index contributed by atoms with van der Waals surface area (Å²) in [4.78, 5) is 2.32. The van der Waals surface area contributed by atoms with Crippen LogP contribution in [-0.2, 0) is 0 Å². The van der Waals surface area contributed by atoms with Crippen LogP contribution in [0.4, 0.5) is 17.1 Å². The van der Waals surface area contributed by atoms with Gasteiger partial charge >= 0.3 is 0 Å². The first kappa shape index (κ1) is 32.8. The van der Waals surface area contributed by atoms with Crippen LogP contribution in [-0.4, -0.2) is 4.57 Å². The molecule has 0 saturated heterocycles. The van der Waals surface area contributed by atoms with Crippen molar-refractivity contribution in [3.63, 3.8) is 0 Å². The predicted molar refractivity (Wildman–Crippen MR) is 247 cm³/mol. The van der Waals surface area contributed by atoms with Crippen molar-refractivity contribution < 1.29 is 4.42 Å². The smallest absolute Gasteiger partial charge is 0.159 e. The summed E-state index contributed by atoms with van der Waals surface area (Å²) in [6, 6.07) is 74.4. The Labute approximate surface area is 338 Å². The van der Waals surface area contributed by atoms with E-state index in [0.29, 0.717) is 0 Å². The molecule has 0 fully saturated rings. The molecule has 0 atom stereocenters. The maximum Gasteiger partial charge on any atom is 0.159 e. The molecule has 4 heteroatoms. The predicted octanol–water partition coefficient (Wildman–Crippen LogP) is 15.9. The molecule has 0 aliphatic carbocycles. The number of rotatable bonds is 6. The zero-order valence-corrected chi connectivity index (χ0v) is 32.2. The fraction of sp³-hybridized carbons (Fsp3) is 0. The van der Waals surface area contributed by atoms with Crippen LogP contribution in [0.2, 0.25) is 0 Å². The van der Waals surface area contributed by atoms with Gasteiger partial charge in [0.2, 0.25) is 0 Å². The molecule has 0 bridgehead atoms. The third-order valence-electron chi connectivity index (χ3n) is 11.6. The van der Waals surface area contributed by atoms with E-state index in [1.165, 1.54) is 58.7 Å². The summed E-state index contributed by atoms with van der Waals surface area (Å²) in [5.74, 6) is 0. The van der Waals surface area contributed by atoms with Gasteiger partial charge in [-0.15, -0.1) is 11.3 Å². The molecule has 272 valence electrons. The molecule has 0 amide bonds. The number of nitrogens with zero attached hydrogens (tertiary/aromatic N) is 2. The summed E-state index contributed by atoms with van der Waals surface area (Å²) in [5.41, 5.74) is 13.1. The molecule has 0 spiro atoms. The van der Waals surface area contributed by atoms with Crippen molar-refractivity contribution in [1.29, 1.82) is 0 Å². The molecule has 12 rings (SSSR count). The molecular weight excluding hydrogens is 725 g/mol. The van der Waals surface area contributed by atoms with E-state index in [4.69, 9.17) is 4.42 Å². The fourth-order valence-corrected chi connectivity index (χ4v) is 9.94. The third kappa shape index (κ3) is 5.19. The van der Waals surface area contributed by atoms with E-state index in [9.17, 15) is 0 Å². The molecule has 0 saturated carbocycles. The van der Waals surface area contributed by atoms with Crippen LogP contribution in [0.3, 0.4) is 0 Å². The molecule has 9 aromatic carbocycles. The van der Waals surface area contributed by atoms with E-state index in [-0.39, 0.29) is 0 Å². The van der Waals surface area contributed by atoms with Crippen molar-refractivity contribution in [1.82, 2.24) is 4.57 Å². The van der Waals surface area contributed by atoms with Crippen LogP contribution in [0, 0.1) is 0 Å².